The number of oxazole rings is 1. The van der Waals surface area contributed by atoms with Gasteiger partial charge in [-0.2, -0.15) is 0 Å². The summed E-state index contributed by atoms with van der Waals surface area (Å²) in [6, 6.07) is 16.4. The van der Waals surface area contributed by atoms with Crippen LogP contribution >= 0.6 is 0 Å². The van der Waals surface area contributed by atoms with E-state index in [4.69, 9.17) is 9.15 Å². The Morgan fingerprint density at radius 2 is 1.79 bits per heavy atom. The summed E-state index contributed by atoms with van der Waals surface area (Å²) in [6.07, 6.45) is 3.45. The summed E-state index contributed by atoms with van der Waals surface area (Å²) >= 11 is 0. The number of nitrogens with one attached hydrogen (secondary N) is 1. The van der Waals surface area contributed by atoms with Gasteiger partial charge in [0, 0.05) is 60.1 Å². The van der Waals surface area contributed by atoms with Crippen LogP contribution in [-0.2, 0) is 4.74 Å². The van der Waals surface area contributed by atoms with Gasteiger partial charge in [-0.3, -0.25) is 0 Å². The van der Waals surface area contributed by atoms with Crippen LogP contribution in [0.15, 0.2) is 65.3 Å². The lowest BCUT2D eigenvalue weighted by Gasteiger charge is -2.36. The Balaban J connectivity index is 1.26. The monoisotopic (exact) mass is 444 g/mol. The van der Waals surface area contributed by atoms with Crippen LogP contribution in [0.25, 0.3) is 33.7 Å². The number of benzene rings is 2. The van der Waals surface area contributed by atoms with Gasteiger partial charge in [-0.05, 0) is 63.2 Å². The third-order valence-electron chi connectivity index (χ3n) is 5.78. The Bertz CT molecular complexity index is 1260. The molecule has 0 atom stereocenters. The second-order valence-electron chi connectivity index (χ2n) is 9.28. The molecule has 1 aliphatic rings. The molecule has 0 spiro atoms. The van der Waals surface area contributed by atoms with E-state index in [0.717, 1.165) is 46.6 Å². The highest BCUT2D eigenvalue weighted by atomic mass is 16.6. The van der Waals surface area contributed by atoms with Gasteiger partial charge in [0.25, 0.3) is 0 Å². The Kier molecular flexibility index (Phi) is 5.32. The number of carbonyl (C=O) groups excluding carboxylic acids is 1. The number of rotatable bonds is 3. The number of fused-ring (bicyclic) bond motifs is 1. The van der Waals surface area contributed by atoms with E-state index in [-0.39, 0.29) is 6.09 Å². The van der Waals surface area contributed by atoms with E-state index in [1.807, 2.05) is 51.2 Å². The highest BCUT2D eigenvalue weighted by Crippen LogP contribution is 2.31. The van der Waals surface area contributed by atoms with E-state index in [9.17, 15) is 4.79 Å². The van der Waals surface area contributed by atoms with Gasteiger partial charge in [0.2, 0.25) is 5.89 Å². The number of ether oxygens (including phenoxy) is 1. The minimum absolute atomic E-state index is 0.242. The lowest BCUT2D eigenvalue weighted by molar-refractivity contribution is 0.0240. The van der Waals surface area contributed by atoms with Crippen LogP contribution in [0, 0.1) is 0 Å². The molecule has 1 aliphatic heterocycles. The molecule has 1 saturated heterocycles. The van der Waals surface area contributed by atoms with Crippen molar-refractivity contribution in [1.29, 1.82) is 0 Å². The maximum Gasteiger partial charge on any atom is 0.410 e. The van der Waals surface area contributed by atoms with Gasteiger partial charge in [0.05, 0.1) is 6.20 Å². The van der Waals surface area contributed by atoms with Crippen molar-refractivity contribution < 1.29 is 13.9 Å². The third kappa shape index (κ3) is 4.44. The van der Waals surface area contributed by atoms with Gasteiger partial charge in [-0.15, -0.1) is 0 Å². The molecule has 0 saturated carbocycles. The average Bonchev–Trinajstić information content (AvgIpc) is 3.48. The lowest BCUT2D eigenvalue weighted by atomic mass is 10.1. The summed E-state index contributed by atoms with van der Waals surface area (Å²) in [7, 11) is 0. The molecule has 2 aromatic carbocycles. The molecule has 170 valence electrons. The molecule has 1 fully saturated rings. The molecule has 1 amide bonds. The Hall–Kier alpha value is -3.74. The summed E-state index contributed by atoms with van der Waals surface area (Å²) in [4.78, 5) is 24.1. The number of nitrogens with zero attached hydrogens (tertiary/aromatic N) is 3. The molecular formula is C26H28N4O3. The van der Waals surface area contributed by atoms with Gasteiger partial charge in [0.15, 0.2) is 5.76 Å². The summed E-state index contributed by atoms with van der Waals surface area (Å²) in [6.45, 7) is 8.50. The minimum Gasteiger partial charge on any atom is -0.444 e. The van der Waals surface area contributed by atoms with Crippen LogP contribution in [0.1, 0.15) is 20.8 Å². The first-order valence-corrected chi connectivity index (χ1v) is 11.2. The molecule has 2 aromatic heterocycles. The average molecular weight is 445 g/mol. The van der Waals surface area contributed by atoms with Crippen molar-refractivity contribution in [3.8, 4) is 22.8 Å². The third-order valence-corrected chi connectivity index (χ3v) is 5.78. The molecule has 33 heavy (non-hydrogen) atoms. The Morgan fingerprint density at radius 1 is 1.03 bits per heavy atom. The predicted octanol–water partition coefficient (Wildman–Crippen LogP) is 5.55. The number of carbonyl (C=O) groups is 1. The highest BCUT2D eigenvalue weighted by molar-refractivity contribution is 5.93. The molecule has 3 heterocycles. The fourth-order valence-corrected chi connectivity index (χ4v) is 4.11. The number of anilines is 1. The molecule has 0 bridgehead atoms. The van der Waals surface area contributed by atoms with Gasteiger partial charge in [-0.1, -0.05) is 6.07 Å². The first-order chi connectivity index (χ1) is 15.9. The molecule has 4 aromatic rings. The predicted molar refractivity (Wildman–Crippen MR) is 129 cm³/mol. The molecule has 0 unspecified atom stereocenters. The molecule has 5 rings (SSSR count). The fraction of sp³-hybridized carbons (Fsp3) is 0.308. The molecular weight excluding hydrogens is 416 g/mol. The zero-order valence-corrected chi connectivity index (χ0v) is 19.2. The lowest BCUT2D eigenvalue weighted by Crippen LogP contribution is -2.50. The van der Waals surface area contributed by atoms with Crippen molar-refractivity contribution in [3.05, 3.63) is 60.9 Å². The number of aromatic nitrogens is 2. The Labute approximate surface area is 193 Å². The van der Waals surface area contributed by atoms with Crippen molar-refractivity contribution >= 4 is 22.7 Å². The molecule has 7 heteroatoms. The van der Waals surface area contributed by atoms with E-state index in [2.05, 4.69) is 39.1 Å². The largest absolute Gasteiger partial charge is 0.444 e. The number of hydrogen-bond acceptors (Lipinski definition) is 5. The van der Waals surface area contributed by atoms with Crippen LogP contribution in [0.3, 0.4) is 0 Å². The number of amides is 1. The number of aromatic amines is 1. The standard InChI is InChI=1S/C26H28N4O3/c1-26(2,3)33-25(31)30-15-13-29(14-16-30)19-9-7-18(8-10-19)23-17-28-24(32-23)21-5-4-6-22-20(21)11-12-27-22/h4-12,17,27H,13-16H2,1-3H3. The summed E-state index contributed by atoms with van der Waals surface area (Å²) in [5.74, 6) is 1.34. The summed E-state index contributed by atoms with van der Waals surface area (Å²) < 4.78 is 11.6. The second-order valence-corrected chi connectivity index (χ2v) is 9.28. The minimum atomic E-state index is -0.473. The summed E-state index contributed by atoms with van der Waals surface area (Å²) in [5, 5.41) is 1.09. The zero-order valence-electron chi connectivity index (χ0n) is 19.2. The van der Waals surface area contributed by atoms with Crippen molar-refractivity contribution in [2.45, 2.75) is 26.4 Å². The van der Waals surface area contributed by atoms with Crippen LogP contribution in [-0.4, -0.2) is 52.7 Å². The van der Waals surface area contributed by atoms with Crippen molar-refractivity contribution in [2.75, 3.05) is 31.1 Å². The van der Waals surface area contributed by atoms with Gasteiger partial charge in [-0.25, -0.2) is 9.78 Å². The molecule has 0 radical (unpaired) electrons. The number of hydrogen-bond donors (Lipinski definition) is 1. The van der Waals surface area contributed by atoms with E-state index >= 15 is 0 Å². The van der Waals surface area contributed by atoms with Gasteiger partial charge < -0.3 is 23.9 Å². The second kappa shape index (κ2) is 8.31. The van der Waals surface area contributed by atoms with E-state index in [1.165, 1.54) is 0 Å². The van der Waals surface area contributed by atoms with Crippen LogP contribution in [0.5, 0.6) is 0 Å². The van der Waals surface area contributed by atoms with Crippen LogP contribution in [0.2, 0.25) is 0 Å². The molecule has 1 N–H and O–H groups in total. The normalized spacial score (nSPS) is 14.6. The smallest absolute Gasteiger partial charge is 0.410 e. The van der Waals surface area contributed by atoms with Crippen molar-refractivity contribution in [3.63, 3.8) is 0 Å². The maximum atomic E-state index is 12.3. The number of piperazine rings is 1. The fourth-order valence-electron chi connectivity index (χ4n) is 4.11. The SMILES string of the molecule is CC(C)(C)OC(=O)N1CCN(c2ccc(-c3cnc(-c4cccc5[nH]ccc45)o3)cc2)CC1. The first-order valence-electron chi connectivity index (χ1n) is 11.2. The topological polar surface area (TPSA) is 74.6 Å². The van der Waals surface area contributed by atoms with Crippen molar-refractivity contribution in [1.82, 2.24) is 14.9 Å². The van der Waals surface area contributed by atoms with Crippen LogP contribution in [0.4, 0.5) is 10.5 Å². The van der Waals surface area contributed by atoms with E-state index < -0.39 is 5.60 Å². The maximum absolute atomic E-state index is 12.3. The van der Waals surface area contributed by atoms with E-state index in [0.29, 0.717) is 19.0 Å². The quantitative estimate of drug-likeness (QED) is 0.449. The Morgan fingerprint density at radius 3 is 2.52 bits per heavy atom. The van der Waals surface area contributed by atoms with E-state index in [1.54, 1.807) is 11.1 Å². The van der Waals surface area contributed by atoms with Crippen LogP contribution < -0.4 is 4.90 Å². The van der Waals surface area contributed by atoms with Gasteiger partial charge in [0.1, 0.15) is 5.60 Å². The summed E-state index contributed by atoms with van der Waals surface area (Å²) in [5.41, 5.74) is 3.66. The zero-order chi connectivity index (χ0) is 23.0. The highest BCUT2D eigenvalue weighted by Gasteiger charge is 2.26. The first kappa shape index (κ1) is 21.1. The number of H-pyrrole nitrogens is 1. The van der Waals surface area contributed by atoms with Gasteiger partial charge >= 0.3 is 6.09 Å². The molecule has 7 nitrogen and oxygen atoms in total. The molecule has 0 aliphatic carbocycles. The van der Waals surface area contributed by atoms with Crippen molar-refractivity contribution in [2.24, 2.45) is 0 Å².